The first-order valence-corrected chi connectivity index (χ1v) is 9.29. The van der Waals surface area contributed by atoms with Gasteiger partial charge >= 0.3 is 0 Å². The summed E-state index contributed by atoms with van der Waals surface area (Å²) in [5.74, 6) is 1.57. The number of methoxy groups -OCH3 is 2. The molecule has 0 aliphatic carbocycles. The van der Waals surface area contributed by atoms with Crippen LogP contribution < -0.4 is 9.47 Å². The van der Waals surface area contributed by atoms with E-state index in [1.54, 1.807) is 32.5 Å². The molecule has 2 aromatic carbocycles. The molecule has 0 aliphatic rings. The first kappa shape index (κ1) is 20.6. The van der Waals surface area contributed by atoms with Gasteiger partial charge in [0.2, 0.25) is 0 Å². The van der Waals surface area contributed by atoms with E-state index in [1.165, 1.54) is 0 Å². The van der Waals surface area contributed by atoms with E-state index in [4.69, 9.17) is 9.47 Å². The van der Waals surface area contributed by atoms with E-state index in [0.29, 0.717) is 35.0 Å². The number of imidazole rings is 1. The van der Waals surface area contributed by atoms with E-state index in [1.807, 2.05) is 66.2 Å². The van der Waals surface area contributed by atoms with Crippen LogP contribution in [-0.2, 0) is 5.60 Å². The van der Waals surface area contributed by atoms with Crippen molar-refractivity contribution < 1.29 is 14.6 Å². The Kier molecular flexibility index (Phi) is 6.06. The van der Waals surface area contributed by atoms with Crippen molar-refractivity contribution in [3.05, 3.63) is 84.5 Å². The fraction of sp³-hybridized carbons (Fsp3) is 0.261. The summed E-state index contributed by atoms with van der Waals surface area (Å²) in [6.45, 7) is 4.69. The largest absolute Gasteiger partial charge is 0.493 e. The topological polar surface area (TPSA) is 59.8 Å². The molecule has 0 aliphatic heterocycles. The molecule has 1 N–H and O–H groups in total. The van der Waals surface area contributed by atoms with E-state index in [9.17, 15) is 5.11 Å². The minimum absolute atomic E-state index is 0.461. The molecular formula is C23H27N3O3. The summed E-state index contributed by atoms with van der Waals surface area (Å²) in [6, 6.07) is 15.1. The molecule has 0 amide bonds. The van der Waals surface area contributed by atoms with Crippen molar-refractivity contribution in [3.63, 3.8) is 0 Å². The van der Waals surface area contributed by atoms with Gasteiger partial charge in [-0.05, 0) is 49.5 Å². The van der Waals surface area contributed by atoms with E-state index in [2.05, 4.69) is 11.6 Å². The van der Waals surface area contributed by atoms with E-state index in [-0.39, 0.29) is 0 Å². The zero-order valence-electron chi connectivity index (χ0n) is 17.3. The highest BCUT2D eigenvalue weighted by molar-refractivity contribution is 5.50. The summed E-state index contributed by atoms with van der Waals surface area (Å²) in [6.07, 6.45) is 3.51. The lowest BCUT2D eigenvalue weighted by atomic mass is 9.85. The van der Waals surface area contributed by atoms with Crippen molar-refractivity contribution in [2.24, 2.45) is 0 Å². The third-order valence-corrected chi connectivity index (χ3v) is 4.82. The van der Waals surface area contributed by atoms with Crippen LogP contribution in [0.25, 0.3) is 5.69 Å². The van der Waals surface area contributed by atoms with E-state index >= 15 is 0 Å². The zero-order valence-corrected chi connectivity index (χ0v) is 17.3. The smallest absolute Gasteiger partial charge is 0.170 e. The molecule has 29 heavy (non-hydrogen) atoms. The number of benzene rings is 2. The van der Waals surface area contributed by atoms with Crippen LogP contribution in [0.2, 0.25) is 0 Å². The van der Waals surface area contributed by atoms with Crippen molar-refractivity contribution in [1.29, 1.82) is 0 Å². The summed E-state index contributed by atoms with van der Waals surface area (Å²) >= 11 is 0. The number of aliphatic hydroxyl groups is 1. The van der Waals surface area contributed by atoms with Crippen molar-refractivity contribution in [2.75, 3.05) is 34.9 Å². The van der Waals surface area contributed by atoms with Gasteiger partial charge < -0.3 is 24.0 Å². The van der Waals surface area contributed by atoms with Crippen LogP contribution in [0.4, 0.5) is 0 Å². The van der Waals surface area contributed by atoms with E-state index < -0.39 is 5.60 Å². The zero-order chi connectivity index (χ0) is 21.0. The average molecular weight is 393 g/mol. The summed E-state index contributed by atoms with van der Waals surface area (Å²) < 4.78 is 12.7. The summed E-state index contributed by atoms with van der Waals surface area (Å²) in [5, 5.41) is 12.1. The number of rotatable bonds is 8. The summed E-state index contributed by atoms with van der Waals surface area (Å²) in [4.78, 5) is 6.49. The number of aromatic nitrogens is 2. The number of hydrogen-bond donors (Lipinski definition) is 1. The Hall–Kier alpha value is -3.09. The maximum absolute atomic E-state index is 12.1. The highest BCUT2D eigenvalue weighted by Crippen LogP contribution is 2.40. The van der Waals surface area contributed by atoms with Crippen LogP contribution in [0.5, 0.6) is 11.5 Å². The fourth-order valence-electron chi connectivity index (χ4n) is 3.42. The molecule has 1 aromatic heterocycles. The molecule has 152 valence electrons. The highest BCUT2D eigenvalue weighted by Gasteiger charge is 2.40. The molecule has 1 heterocycles. The molecule has 0 bridgehead atoms. The van der Waals surface area contributed by atoms with Crippen molar-refractivity contribution in [1.82, 2.24) is 14.5 Å². The molecule has 6 heteroatoms. The maximum Gasteiger partial charge on any atom is 0.170 e. The van der Waals surface area contributed by atoms with Crippen molar-refractivity contribution >= 4 is 0 Å². The quantitative estimate of drug-likeness (QED) is 0.596. The molecule has 0 saturated heterocycles. The molecule has 3 rings (SSSR count). The normalized spacial score (nSPS) is 13.2. The van der Waals surface area contributed by atoms with Gasteiger partial charge in [-0.2, -0.15) is 0 Å². The van der Waals surface area contributed by atoms with Gasteiger partial charge in [0, 0.05) is 24.6 Å². The molecule has 1 unspecified atom stereocenters. The van der Waals surface area contributed by atoms with Crippen LogP contribution in [-0.4, -0.2) is 54.4 Å². The predicted molar refractivity (Wildman–Crippen MR) is 114 cm³/mol. The fourth-order valence-corrected chi connectivity index (χ4v) is 3.42. The number of ether oxygens (including phenoxy) is 2. The Morgan fingerprint density at radius 3 is 2.41 bits per heavy atom. The van der Waals surface area contributed by atoms with Gasteiger partial charge in [-0.25, -0.2) is 4.98 Å². The second kappa shape index (κ2) is 8.51. The van der Waals surface area contributed by atoms with E-state index in [0.717, 1.165) is 5.69 Å². The lowest BCUT2D eigenvalue weighted by Crippen LogP contribution is -2.37. The van der Waals surface area contributed by atoms with Gasteiger partial charge in [-0.1, -0.05) is 30.8 Å². The monoisotopic (exact) mass is 393 g/mol. The predicted octanol–water partition coefficient (Wildman–Crippen LogP) is 3.24. The van der Waals surface area contributed by atoms with Gasteiger partial charge in [-0.15, -0.1) is 0 Å². The molecule has 1 atom stereocenters. The number of hydrogen-bond acceptors (Lipinski definition) is 5. The standard InChI is InChI=1S/C23H27N3O3/c1-17(16-25(2)3)23(27,18-11-12-20(28-4)21(15-18)29-5)22-24-13-14-26(22)19-9-7-6-8-10-19/h6-15,27H,1,16H2,2-5H3. The number of likely N-dealkylation sites (N-methyl/N-ethyl adjacent to an activating group) is 1. The Morgan fingerprint density at radius 2 is 1.79 bits per heavy atom. The third kappa shape index (κ3) is 3.90. The average Bonchev–Trinajstić information content (AvgIpc) is 3.23. The third-order valence-electron chi connectivity index (χ3n) is 4.82. The molecule has 3 aromatic rings. The molecule has 0 fully saturated rings. The minimum Gasteiger partial charge on any atom is -0.493 e. The SMILES string of the molecule is C=C(CN(C)C)C(O)(c1ccc(OC)c(OC)c1)c1nccn1-c1ccccc1. The first-order valence-electron chi connectivity index (χ1n) is 9.29. The number of para-hydroxylation sites is 1. The minimum atomic E-state index is -1.54. The molecule has 0 spiro atoms. The lowest BCUT2D eigenvalue weighted by Gasteiger charge is -2.32. The van der Waals surface area contributed by atoms with Gasteiger partial charge in [0.05, 0.1) is 14.2 Å². The van der Waals surface area contributed by atoms with Gasteiger partial charge in [-0.3, -0.25) is 0 Å². The van der Waals surface area contributed by atoms with Gasteiger partial charge in [0.25, 0.3) is 0 Å². The molecule has 0 radical (unpaired) electrons. The van der Waals surface area contributed by atoms with Crippen LogP contribution in [0, 0.1) is 0 Å². The van der Waals surface area contributed by atoms with Crippen LogP contribution in [0.3, 0.4) is 0 Å². The summed E-state index contributed by atoms with van der Waals surface area (Å²) in [7, 11) is 7.02. The summed E-state index contributed by atoms with van der Waals surface area (Å²) in [5.41, 5.74) is 0.559. The molecule has 0 saturated carbocycles. The van der Waals surface area contributed by atoms with Crippen molar-refractivity contribution in [2.45, 2.75) is 5.60 Å². The Balaban J connectivity index is 2.22. The first-order chi connectivity index (χ1) is 13.9. The van der Waals surface area contributed by atoms with Crippen LogP contribution >= 0.6 is 0 Å². The lowest BCUT2D eigenvalue weighted by molar-refractivity contribution is 0.102. The maximum atomic E-state index is 12.1. The highest BCUT2D eigenvalue weighted by atomic mass is 16.5. The molecule has 6 nitrogen and oxygen atoms in total. The van der Waals surface area contributed by atoms with Gasteiger partial charge in [0.1, 0.15) is 0 Å². The van der Waals surface area contributed by atoms with Crippen LogP contribution in [0.1, 0.15) is 11.4 Å². The second-order valence-electron chi connectivity index (χ2n) is 7.08. The molecular weight excluding hydrogens is 366 g/mol. The Labute approximate surface area is 171 Å². The van der Waals surface area contributed by atoms with Crippen LogP contribution in [0.15, 0.2) is 73.1 Å². The van der Waals surface area contributed by atoms with Crippen molar-refractivity contribution in [3.8, 4) is 17.2 Å². The Morgan fingerprint density at radius 1 is 1.10 bits per heavy atom. The second-order valence-corrected chi connectivity index (χ2v) is 7.08. The Bertz CT molecular complexity index is 982. The van der Waals surface area contributed by atoms with Gasteiger partial charge in [0.15, 0.2) is 22.9 Å². The number of nitrogens with zero attached hydrogens (tertiary/aromatic N) is 3.